The standard InChI is InChI=1S/C71H60N2O2/c1-71(2)61-43-48-41-51(72(49-25-11-5-12-26-49)63-37-19-35-58-56-33-17-31-52(67(56)74-69(58)63)45-21-7-3-8-22-45)40-39-47(48)42-60(61)66-55-30-16-15-29-54(55)65(44-62(66)71)73(50-27-13-6-14-28-50)64-38-20-36-59-57-34-18-32-53(68(57)75-70(59)64)46-23-9-4-10-24-46/h5-6,11-20,25-46H,3-4,7-10,21-24H2,1-2H3. The van der Waals surface area contributed by atoms with Crippen LogP contribution in [0.3, 0.4) is 0 Å². The van der Waals surface area contributed by atoms with Crippen LogP contribution in [-0.2, 0) is 5.41 Å². The van der Waals surface area contributed by atoms with E-state index in [1.165, 1.54) is 130 Å². The van der Waals surface area contributed by atoms with Crippen LogP contribution in [0.15, 0.2) is 203 Å². The van der Waals surface area contributed by atoms with Crippen LogP contribution in [0.2, 0.25) is 0 Å². The number of para-hydroxylation sites is 6. The molecule has 0 N–H and O–H groups in total. The molecule has 0 amide bonds. The summed E-state index contributed by atoms with van der Waals surface area (Å²) in [5.41, 5.74) is 18.2. The smallest absolute Gasteiger partial charge is 0.159 e. The molecular weight excluding hydrogens is 913 g/mol. The number of furan rings is 2. The molecule has 3 aliphatic rings. The Labute approximate surface area is 438 Å². The van der Waals surface area contributed by atoms with Gasteiger partial charge in [0, 0.05) is 49.4 Å². The van der Waals surface area contributed by atoms with E-state index in [0.29, 0.717) is 11.8 Å². The van der Waals surface area contributed by atoms with Crippen molar-refractivity contribution in [2.45, 2.75) is 95.3 Å². The van der Waals surface area contributed by atoms with E-state index in [1.807, 2.05) is 0 Å². The summed E-state index contributed by atoms with van der Waals surface area (Å²) in [5.74, 6) is 1.07. The van der Waals surface area contributed by atoms with Crippen LogP contribution in [0.25, 0.3) is 76.5 Å². The number of hydrogen-bond donors (Lipinski definition) is 0. The van der Waals surface area contributed by atoms with Gasteiger partial charge >= 0.3 is 0 Å². The molecule has 366 valence electrons. The van der Waals surface area contributed by atoms with Crippen molar-refractivity contribution in [1.82, 2.24) is 0 Å². The second-order valence-corrected chi connectivity index (χ2v) is 22.4. The van der Waals surface area contributed by atoms with Crippen molar-refractivity contribution in [3.63, 3.8) is 0 Å². The Morgan fingerprint density at radius 2 is 0.853 bits per heavy atom. The maximum atomic E-state index is 7.23. The Morgan fingerprint density at radius 3 is 1.44 bits per heavy atom. The van der Waals surface area contributed by atoms with Crippen LogP contribution < -0.4 is 9.80 Å². The number of hydrogen-bond acceptors (Lipinski definition) is 4. The van der Waals surface area contributed by atoms with Gasteiger partial charge in [0.1, 0.15) is 11.2 Å². The van der Waals surface area contributed by atoms with Gasteiger partial charge in [0.05, 0.1) is 17.1 Å². The lowest BCUT2D eigenvalue weighted by atomic mass is 9.81. The summed E-state index contributed by atoms with van der Waals surface area (Å²) in [6.07, 6.45) is 12.7. The minimum Gasteiger partial charge on any atom is -0.454 e. The molecule has 2 heterocycles. The Hall–Kier alpha value is -8.08. The average molecular weight is 973 g/mol. The number of rotatable bonds is 8. The summed E-state index contributed by atoms with van der Waals surface area (Å²) < 4.78 is 14.4. The molecule has 0 atom stereocenters. The van der Waals surface area contributed by atoms with E-state index in [2.05, 4.69) is 218 Å². The first-order valence-electron chi connectivity index (χ1n) is 27.7. The fourth-order valence-electron chi connectivity index (χ4n) is 14.1. The molecule has 10 aromatic carbocycles. The third-order valence-corrected chi connectivity index (χ3v) is 17.8. The molecule has 4 heteroatoms. The molecule has 2 aromatic heterocycles. The van der Waals surface area contributed by atoms with Gasteiger partial charge in [-0.1, -0.05) is 180 Å². The second-order valence-electron chi connectivity index (χ2n) is 22.4. The summed E-state index contributed by atoms with van der Waals surface area (Å²) in [6.45, 7) is 4.84. The van der Waals surface area contributed by atoms with Crippen molar-refractivity contribution in [2.24, 2.45) is 0 Å². The van der Waals surface area contributed by atoms with E-state index in [1.54, 1.807) is 0 Å². The van der Waals surface area contributed by atoms with Crippen molar-refractivity contribution in [3.05, 3.63) is 216 Å². The minimum atomic E-state index is -0.314. The van der Waals surface area contributed by atoms with Gasteiger partial charge in [-0.25, -0.2) is 0 Å². The number of nitrogens with zero attached hydrogens (tertiary/aromatic N) is 2. The molecule has 75 heavy (non-hydrogen) atoms. The predicted molar refractivity (Wildman–Crippen MR) is 315 cm³/mol. The fourth-order valence-corrected chi connectivity index (χ4v) is 14.1. The molecular formula is C71H60N2O2. The molecule has 12 aromatic rings. The number of fused-ring (bicyclic) bond motifs is 12. The fraction of sp³-hybridized carbons (Fsp3) is 0.211. The van der Waals surface area contributed by atoms with Gasteiger partial charge in [-0.2, -0.15) is 0 Å². The van der Waals surface area contributed by atoms with E-state index < -0.39 is 0 Å². The Balaban J connectivity index is 0.884. The molecule has 0 radical (unpaired) electrons. The van der Waals surface area contributed by atoms with Gasteiger partial charge in [0.15, 0.2) is 11.2 Å². The predicted octanol–water partition coefficient (Wildman–Crippen LogP) is 21.1. The molecule has 0 bridgehead atoms. The van der Waals surface area contributed by atoms with E-state index in [4.69, 9.17) is 8.83 Å². The van der Waals surface area contributed by atoms with Gasteiger partial charge < -0.3 is 18.6 Å². The molecule has 0 spiro atoms. The topological polar surface area (TPSA) is 32.8 Å². The Morgan fingerprint density at radius 1 is 0.360 bits per heavy atom. The van der Waals surface area contributed by atoms with Crippen molar-refractivity contribution < 1.29 is 8.83 Å². The van der Waals surface area contributed by atoms with Crippen molar-refractivity contribution >= 4 is 99.5 Å². The molecule has 2 saturated carbocycles. The molecule has 3 aliphatic carbocycles. The Bertz CT molecular complexity index is 4190. The van der Waals surface area contributed by atoms with Crippen LogP contribution in [0, 0.1) is 0 Å². The van der Waals surface area contributed by atoms with Gasteiger partial charge in [0.25, 0.3) is 0 Å². The lowest BCUT2D eigenvalue weighted by Gasteiger charge is -2.29. The zero-order valence-corrected chi connectivity index (χ0v) is 42.9. The molecule has 0 saturated heterocycles. The lowest BCUT2D eigenvalue weighted by molar-refractivity contribution is 0.442. The van der Waals surface area contributed by atoms with Crippen LogP contribution in [0.4, 0.5) is 34.1 Å². The van der Waals surface area contributed by atoms with E-state index >= 15 is 0 Å². The van der Waals surface area contributed by atoms with Crippen molar-refractivity contribution in [1.29, 1.82) is 0 Å². The molecule has 15 rings (SSSR count). The molecule has 0 aliphatic heterocycles. The van der Waals surface area contributed by atoms with Crippen LogP contribution in [0.5, 0.6) is 0 Å². The van der Waals surface area contributed by atoms with E-state index in [-0.39, 0.29) is 5.41 Å². The zero-order valence-electron chi connectivity index (χ0n) is 42.9. The third kappa shape index (κ3) is 7.02. The lowest BCUT2D eigenvalue weighted by Crippen LogP contribution is -2.17. The quantitative estimate of drug-likeness (QED) is 0.152. The first-order valence-corrected chi connectivity index (χ1v) is 27.7. The second kappa shape index (κ2) is 17.5. The number of benzene rings is 10. The zero-order chi connectivity index (χ0) is 49.8. The first-order chi connectivity index (χ1) is 37.0. The van der Waals surface area contributed by atoms with Gasteiger partial charge in [-0.15, -0.1) is 0 Å². The normalized spacial score (nSPS) is 15.9. The van der Waals surface area contributed by atoms with Gasteiger partial charge in [-0.05, 0) is 154 Å². The third-order valence-electron chi connectivity index (χ3n) is 17.8. The van der Waals surface area contributed by atoms with Gasteiger partial charge in [0.2, 0.25) is 0 Å². The van der Waals surface area contributed by atoms with Crippen LogP contribution >= 0.6 is 0 Å². The molecule has 4 nitrogen and oxygen atoms in total. The highest BCUT2D eigenvalue weighted by Crippen LogP contribution is 2.57. The van der Waals surface area contributed by atoms with Crippen molar-refractivity contribution in [2.75, 3.05) is 9.80 Å². The first kappa shape index (κ1) is 44.4. The maximum Gasteiger partial charge on any atom is 0.159 e. The highest BCUT2D eigenvalue weighted by Gasteiger charge is 2.39. The van der Waals surface area contributed by atoms with E-state index in [0.717, 1.165) is 67.2 Å². The average Bonchev–Trinajstić information content (AvgIpc) is 4.22. The van der Waals surface area contributed by atoms with Crippen LogP contribution in [0.1, 0.15) is 112 Å². The number of anilines is 6. The summed E-state index contributed by atoms with van der Waals surface area (Å²) in [5, 5.41) is 9.63. The van der Waals surface area contributed by atoms with Crippen molar-refractivity contribution in [3.8, 4) is 11.1 Å². The van der Waals surface area contributed by atoms with Crippen LogP contribution in [-0.4, -0.2) is 0 Å². The monoisotopic (exact) mass is 972 g/mol. The van der Waals surface area contributed by atoms with E-state index in [9.17, 15) is 0 Å². The molecule has 2 fully saturated rings. The summed E-state index contributed by atoms with van der Waals surface area (Å²) in [4.78, 5) is 4.86. The SMILES string of the molecule is CC1(C)c2cc3cc(N(c4ccccc4)c4cccc5c4oc4c(C6CCCCC6)cccc45)ccc3cc2-c2c1cc(N(c1ccccc1)c1cccc3c1oc1c(C4CCCCC4)cccc13)c1ccccc21. The highest BCUT2D eigenvalue weighted by molar-refractivity contribution is 6.16. The van der Waals surface area contributed by atoms with Gasteiger partial charge in [-0.3, -0.25) is 0 Å². The largest absolute Gasteiger partial charge is 0.454 e. The summed E-state index contributed by atoms with van der Waals surface area (Å²) in [7, 11) is 0. The minimum absolute atomic E-state index is 0.314. The maximum absolute atomic E-state index is 7.23. The highest BCUT2D eigenvalue weighted by atomic mass is 16.3. The summed E-state index contributed by atoms with van der Waals surface area (Å²) >= 11 is 0. The molecule has 0 unspecified atom stereocenters. The Kier molecular flexibility index (Phi) is 10.4. The summed E-state index contributed by atoms with van der Waals surface area (Å²) in [6, 6.07) is 72.3.